The third kappa shape index (κ3) is 51.2. The van der Waals surface area contributed by atoms with E-state index in [9.17, 15) is 4.79 Å². The number of carbonyl (C=O) groups excluding carboxylic acids is 1. The van der Waals surface area contributed by atoms with E-state index in [1.54, 1.807) is 14.1 Å². The molecule has 22 heavy (non-hydrogen) atoms. The number of aryl methyl sites for hydroxylation is 1. The van der Waals surface area contributed by atoms with Crippen LogP contribution in [0.15, 0.2) is 30.3 Å². The molecule has 0 aromatic heterocycles. The topological polar surface area (TPSA) is 23.6 Å². The SMILES string of the molecule is C.CC(=O)N(C)C.CC(C)C.CN(C)C.Cc1ccccc1. The zero-order valence-electron chi connectivity index (χ0n) is 15.8. The van der Waals surface area contributed by atoms with Crippen molar-refractivity contribution in [3.63, 3.8) is 0 Å². The Morgan fingerprint density at radius 3 is 1.23 bits per heavy atom. The molecule has 0 saturated carbocycles. The molecule has 1 aromatic carbocycles. The van der Waals surface area contributed by atoms with Crippen molar-refractivity contribution in [2.45, 2.75) is 42.0 Å². The fourth-order valence-corrected chi connectivity index (χ4v) is 0.534. The molecule has 0 aliphatic carbocycles. The fraction of sp³-hybridized carbons (Fsp3) is 0.632. The summed E-state index contributed by atoms with van der Waals surface area (Å²) in [4.78, 5) is 13.6. The van der Waals surface area contributed by atoms with Crippen LogP contribution in [0, 0.1) is 12.8 Å². The molecule has 0 saturated heterocycles. The Bertz CT molecular complexity index is 308. The van der Waals surface area contributed by atoms with Gasteiger partial charge in [0.25, 0.3) is 0 Å². The van der Waals surface area contributed by atoms with E-state index < -0.39 is 0 Å². The Kier molecular flexibility index (Phi) is 25.7. The third-order valence-corrected chi connectivity index (χ3v) is 1.57. The van der Waals surface area contributed by atoms with Crippen LogP contribution in [0.5, 0.6) is 0 Å². The van der Waals surface area contributed by atoms with Gasteiger partial charge in [0.1, 0.15) is 0 Å². The second kappa shape index (κ2) is 19.7. The average molecular weight is 313 g/mol. The van der Waals surface area contributed by atoms with Crippen LogP contribution in [0.1, 0.15) is 40.7 Å². The van der Waals surface area contributed by atoms with Gasteiger partial charge < -0.3 is 9.80 Å². The largest absolute Gasteiger partial charge is 0.349 e. The predicted molar refractivity (Wildman–Crippen MR) is 102 cm³/mol. The van der Waals surface area contributed by atoms with E-state index in [1.807, 2.05) is 44.2 Å². The molecule has 0 fully saturated rings. The summed E-state index contributed by atoms with van der Waals surface area (Å²) < 4.78 is 0. The minimum absolute atomic E-state index is 0. The summed E-state index contributed by atoms with van der Waals surface area (Å²) in [5.41, 5.74) is 1.32. The van der Waals surface area contributed by atoms with Crippen LogP contribution in [0.2, 0.25) is 0 Å². The summed E-state index contributed by atoms with van der Waals surface area (Å²) in [6.07, 6.45) is 0. The van der Waals surface area contributed by atoms with Gasteiger partial charge in [0, 0.05) is 21.0 Å². The van der Waals surface area contributed by atoms with E-state index in [1.165, 1.54) is 17.4 Å². The Morgan fingerprint density at radius 1 is 0.909 bits per heavy atom. The maximum atomic E-state index is 10.1. The highest BCUT2D eigenvalue weighted by atomic mass is 16.2. The monoisotopic (exact) mass is 312 g/mol. The molecule has 0 unspecified atom stereocenters. The average Bonchev–Trinajstić information content (AvgIpc) is 2.29. The normalized spacial score (nSPS) is 8.18. The Balaban J connectivity index is -0.000000100. The lowest BCUT2D eigenvalue weighted by Crippen LogP contribution is -2.17. The Hall–Kier alpha value is -1.35. The van der Waals surface area contributed by atoms with Gasteiger partial charge in [0.15, 0.2) is 0 Å². The van der Waals surface area contributed by atoms with Gasteiger partial charge in [0.2, 0.25) is 5.91 Å². The molecule has 0 spiro atoms. The number of amides is 1. The van der Waals surface area contributed by atoms with E-state index in [-0.39, 0.29) is 13.3 Å². The highest BCUT2D eigenvalue weighted by Crippen LogP contribution is 1.92. The quantitative estimate of drug-likeness (QED) is 0.701. The van der Waals surface area contributed by atoms with Gasteiger partial charge in [-0.15, -0.1) is 0 Å². The first kappa shape index (κ1) is 28.8. The van der Waals surface area contributed by atoms with Gasteiger partial charge in [0.05, 0.1) is 0 Å². The zero-order chi connectivity index (χ0) is 17.4. The lowest BCUT2D eigenvalue weighted by atomic mass is 10.2. The fourth-order valence-electron chi connectivity index (χ4n) is 0.534. The molecule has 0 heterocycles. The second-order valence-electron chi connectivity index (χ2n) is 6.14. The number of carbonyl (C=O) groups is 1. The molecular formula is C19H40N2O. The minimum atomic E-state index is 0. The van der Waals surface area contributed by atoms with E-state index in [0.717, 1.165) is 5.92 Å². The van der Waals surface area contributed by atoms with Crippen molar-refractivity contribution in [3.8, 4) is 0 Å². The van der Waals surface area contributed by atoms with Crippen LogP contribution in [-0.4, -0.2) is 50.9 Å². The van der Waals surface area contributed by atoms with Crippen LogP contribution in [0.25, 0.3) is 0 Å². The number of hydrogen-bond acceptors (Lipinski definition) is 2. The molecule has 1 aromatic rings. The van der Waals surface area contributed by atoms with Crippen molar-refractivity contribution in [1.29, 1.82) is 0 Å². The molecular weight excluding hydrogens is 272 g/mol. The molecule has 0 N–H and O–H groups in total. The zero-order valence-corrected chi connectivity index (χ0v) is 15.8. The molecule has 0 aliphatic rings. The molecule has 0 radical (unpaired) electrons. The molecule has 0 atom stereocenters. The van der Waals surface area contributed by atoms with Crippen LogP contribution in [-0.2, 0) is 4.79 Å². The highest BCUT2D eigenvalue weighted by Gasteiger charge is 1.87. The second-order valence-corrected chi connectivity index (χ2v) is 6.14. The first-order valence-corrected chi connectivity index (χ1v) is 7.31. The highest BCUT2D eigenvalue weighted by molar-refractivity contribution is 5.72. The van der Waals surface area contributed by atoms with Crippen LogP contribution in [0.3, 0.4) is 0 Å². The van der Waals surface area contributed by atoms with E-state index in [0.29, 0.717) is 0 Å². The van der Waals surface area contributed by atoms with Crippen LogP contribution < -0.4 is 0 Å². The lowest BCUT2D eigenvalue weighted by Gasteiger charge is -2.02. The van der Waals surface area contributed by atoms with Gasteiger partial charge >= 0.3 is 0 Å². The molecule has 1 rings (SSSR count). The summed E-state index contributed by atoms with van der Waals surface area (Å²) in [5, 5.41) is 0. The maximum Gasteiger partial charge on any atom is 0.218 e. The number of benzene rings is 1. The van der Waals surface area contributed by atoms with Crippen molar-refractivity contribution in [2.75, 3.05) is 35.2 Å². The molecule has 3 nitrogen and oxygen atoms in total. The van der Waals surface area contributed by atoms with Crippen LogP contribution in [0.4, 0.5) is 0 Å². The number of nitrogens with zero attached hydrogens (tertiary/aromatic N) is 2. The Labute approximate surface area is 140 Å². The molecule has 3 heteroatoms. The summed E-state index contributed by atoms with van der Waals surface area (Å²) in [6.45, 7) is 10.1. The lowest BCUT2D eigenvalue weighted by molar-refractivity contribution is -0.126. The van der Waals surface area contributed by atoms with Crippen molar-refractivity contribution in [2.24, 2.45) is 5.92 Å². The third-order valence-electron chi connectivity index (χ3n) is 1.57. The minimum Gasteiger partial charge on any atom is -0.349 e. The van der Waals surface area contributed by atoms with Crippen molar-refractivity contribution < 1.29 is 4.79 Å². The first-order chi connectivity index (χ1) is 9.50. The summed E-state index contributed by atoms with van der Waals surface area (Å²) in [5.74, 6) is 0.926. The Morgan fingerprint density at radius 2 is 1.14 bits per heavy atom. The van der Waals surface area contributed by atoms with Gasteiger partial charge in [-0.25, -0.2) is 0 Å². The molecule has 1 amide bonds. The van der Waals surface area contributed by atoms with Crippen molar-refractivity contribution in [3.05, 3.63) is 35.9 Å². The van der Waals surface area contributed by atoms with Crippen molar-refractivity contribution in [1.82, 2.24) is 9.80 Å². The van der Waals surface area contributed by atoms with Gasteiger partial charge in [-0.2, -0.15) is 0 Å². The molecule has 0 bridgehead atoms. The molecule has 132 valence electrons. The van der Waals surface area contributed by atoms with E-state index in [2.05, 4.69) is 39.8 Å². The maximum absolute atomic E-state index is 10.1. The van der Waals surface area contributed by atoms with Crippen LogP contribution >= 0.6 is 0 Å². The summed E-state index contributed by atoms with van der Waals surface area (Å²) in [7, 11) is 9.45. The molecule has 0 aliphatic heterocycles. The number of hydrogen-bond donors (Lipinski definition) is 0. The van der Waals surface area contributed by atoms with Gasteiger partial charge in [-0.3, -0.25) is 4.79 Å². The summed E-state index contributed by atoms with van der Waals surface area (Å²) >= 11 is 0. The van der Waals surface area contributed by atoms with E-state index >= 15 is 0 Å². The van der Waals surface area contributed by atoms with Gasteiger partial charge in [-0.1, -0.05) is 64.1 Å². The van der Waals surface area contributed by atoms with Crippen molar-refractivity contribution >= 4 is 5.91 Å². The first-order valence-electron chi connectivity index (χ1n) is 7.31. The smallest absolute Gasteiger partial charge is 0.218 e. The predicted octanol–water partition coefficient (Wildman–Crippen LogP) is 4.57. The van der Waals surface area contributed by atoms with E-state index in [4.69, 9.17) is 0 Å². The number of rotatable bonds is 0. The van der Waals surface area contributed by atoms with Gasteiger partial charge in [-0.05, 0) is 34.0 Å². The standard InChI is InChI=1S/C7H8.C4H9NO.C4H10.C3H9N.CH4/c1-7-5-3-2-4-6-7;1-4(6)5(2)3;2*1-4(2)3;/h2-6H,1H3;1-3H3;4H,1-3H3;1-3H3;1H4. The summed E-state index contributed by atoms with van der Waals surface area (Å²) in [6, 6.07) is 10.3.